The van der Waals surface area contributed by atoms with Crippen LogP contribution >= 0.6 is 0 Å². The Balaban J connectivity index is 0.000000180. The van der Waals surface area contributed by atoms with Crippen molar-refractivity contribution in [1.29, 1.82) is 0 Å². The van der Waals surface area contributed by atoms with Gasteiger partial charge in [0.2, 0.25) is 0 Å². The second-order valence-corrected chi connectivity index (χ2v) is 7.88. The molecular weight excluding hydrogens is 332 g/mol. The fourth-order valence-corrected chi connectivity index (χ4v) is 4.30. The number of aliphatic hydroxyl groups excluding tert-OH is 1. The van der Waals surface area contributed by atoms with Gasteiger partial charge >= 0.3 is 0 Å². The van der Waals surface area contributed by atoms with Gasteiger partial charge in [-0.05, 0) is 62.4 Å². The van der Waals surface area contributed by atoms with Crippen molar-refractivity contribution < 1.29 is 5.11 Å². The Morgan fingerprint density at radius 1 is 0.963 bits per heavy atom. The Kier molecular flexibility index (Phi) is 7.31. The van der Waals surface area contributed by atoms with E-state index in [1.54, 1.807) is 0 Å². The normalized spacial score (nSPS) is 19.9. The molecule has 27 heavy (non-hydrogen) atoms. The maximum absolute atomic E-state index is 8.69. The molecule has 1 fully saturated rings. The summed E-state index contributed by atoms with van der Waals surface area (Å²) in [5.74, 6) is 0. The van der Waals surface area contributed by atoms with Crippen LogP contribution in [-0.4, -0.2) is 48.8 Å². The monoisotopic (exact) mass is 366 g/mol. The van der Waals surface area contributed by atoms with Crippen LogP contribution in [0.25, 0.3) is 0 Å². The van der Waals surface area contributed by atoms with Crippen molar-refractivity contribution in [3.63, 3.8) is 0 Å². The second kappa shape index (κ2) is 9.91. The molecule has 2 aromatic rings. The summed E-state index contributed by atoms with van der Waals surface area (Å²) in [6.45, 7) is 4.60. The zero-order valence-electron chi connectivity index (χ0n) is 16.8. The van der Waals surface area contributed by atoms with Gasteiger partial charge in [0, 0.05) is 31.4 Å². The van der Waals surface area contributed by atoms with Crippen LogP contribution in [0, 0.1) is 0 Å². The van der Waals surface area contributed by atoms with E-state index in [1.165, 1.54) is 55.5 Å². The minimum absolute atomic E-state index is 0.310. The zero-order chi connectivity index (χ0) is 19.1. The third kappa shape index (κ3) is 5.33. The minimum atomic E-state index is 0.310. The molecule has 146 valence electrons. The van der Waals surface area contributed by atoms with Crippen molar-refractivity contribution in [2.24, 2.45) is 0 Å². The van der Waals surface area contributed by atoms with Crippen molar-refractivity contribution >= 4 is 5.69 Å². The van der Waals surface area contributed by atoms with E-state index in [0.29, 0.717) is 18.7 Å². The van der Waals surface area contributed by atoms with E-state index in [2.05, 4.69) is 78.4 Å². The number of fused-ring (bicyclic) bond motifs is 1. The summed E-state index contributed by atoms with van der Waals surface area (Å²) in [4.78, 5) is 4.77. The number of likely N-dealkylation sites (N-methyl/N-ethyl adjacent to an activating group) is 1. The van der Waals surface area contributed by atoms with Crippen LogP contribution in [0.4, 0.5) is 5.69 Å². The molecule has 2 aromatic carbocycles. The maximum Gasteiger partial charge on any atom is 0.0558 e. The third-order valence-electron chi connectivity index (χ3n) is 6.07. The molecule has 1 aliphatic carbocycles. The molecule has 1 heterocycles. The molecule has 4 rings (SSSR count). The number of nitrogens with zero attached hydrogens (tertiary/aromatic N) is 2. The molecule has 0 saturated carbocycles. The fourth-order valence-electron chi connectivity index (χ4n) is 4.30. The van der Waals surface area contributed by atoms with E-state index in [0.717, 1.165) is 6.54 Å². The topological polar surface area (TPSA) is 26.7 Å². The largest absolute Gasteiger partial charge is 0.395 e. The summed E-state index contributed by atoms with van der Waals surface area (Å²) in [5.41, 5.74) is 4.34. The zero-order valence-corrected chi connectivity index (χ0v) is 16.8. The molecule has 1 unspecified atom stereocenters. The Morgan fingerprint density at radius 2 is 1.59 bits per heavy atom. The van der Waals surface area contributed by atoms with E-state index >= 15 is 0 Å². The van der Waals surface area contributed by atoms with Crippen LogP contribution in [0.15, 0.2) is 54.6 Å². The molecule has 0 bridgehead atoms. The summed E-state index contributed by atoms with van der Waals surface area (Å²) in [7, 11) is 2.20. The average Bonchev–Trinajstić information content (AvgIpc) is 3.15. The molecule has 0 aromatic heterocycles. The average molecular weight is 367 g/mol. The Hall–Kier alpha value is -1.84. The maximum atomic E-state index is 8.69. The molecule has 1 atom stereocenters. The minimum Gasteiger partial charge on any atom is -0.395 e. The van der Waals surface area contributed by atoms with Crippen molar-refractivity contribution in [3.8, 4) is 0 Å². The smallest absolute Gasteiger partial charge is 0.0558 e. The summed E-state index contributed by atoms with van der Waals surface area (Å²) in [6.07, 6.45) is 6.32. The van der Waals surface area contributed by atoms with Crippen molar-refractivity contribution in [1.82, 2.24) is 4.90 Å². The van der Waals surface area contributed by atoms with Gasteiger partial charge in [-0.15, -0.1) is 0 Å². The second-order valence-electron chi connectivity index (χ2n) is 7.88. The molecule has 3 nitrogen and oxygen atoms in total. The first kappa shape index (κ1) is 19.9. The van der Waals surface area contributed by atoms with Crippen molar-refractivity contribution in [2.75, 3.05) is 31.6 Å². The van der Waals surface area contributed by atoms with Gasteiger partial charge in [-0.3, -0.25) is 4.90 Å². The number of likely N-dealkylation sites (tertiary alicyclic amines) is 1. The quantitative estimate of drug-likeness (QED) is 0.881. The van der Waals surface area contributed by atoms with Gasteiger partial charge in [-0.25, -0.2) is 0 Å². The van der Waals surface area contributed by atoms with Crippen LogP contribution in [0.1, 0.15) is 37.3 Å². The number of anilines is 1. The summed E-state index contributed by atoms with van der Waals surface area (Å²) < 4.78 is 0. The first-order valence-electron chi connectivity index (χ1n) is 10.4. The van der Waals surface area contributed by atoms with Crippen molar-refractivity contribution in [2.45, 2.75) is 51.1 Å². The van der Waals surface area contributed by atoms with E-state index in [-0.39, 0.29) is 0 Å². The summed E-state index contributed by atoms with van der Waals surface area (Å²) in [5, 5.41) is 8.69. The number of para-hydroxylation sites is 1. The Labute approximate surface area is 164 Å². The molecule has 0 amide bonds. The number of rotatable bonds is 4. The number of β-amino-alcohol motifs (C(OH)–C–C–N with tert-alkyl or cyclic N) is 1. The molecule has 1 aliphatic heterocycles. The lowest BCUT2D eigenvalue weighted by Crippen LogP contribution is -2.39. The highest BCUT2D eigenvalue weighted by atomic mass is 16.3. The van der Waals surface area contributed by atoms with Gasteiger partial charge in [0.15, 0.2) is 0 Å². The predicted molar refractivity (Wildman–Crippen MR) is 114 cm³/mol. The molecule has 1 N–H and O–H groups in total. The van der Waals surface area contributed by atoms with Gasteiger partial charge in [0.1, 0.15) is 0 Å². The standard InChI is InChI=1S/C16H17N.C8H17NO/c1-17(15-9-3-2-4-10-15)16-11-13-7-5-6-8-14(13)12-16;1-8-4-2-3-5-9(8)6-7-10/h2-10,16H,11-12H2,1H3;8,10H,2-7H2,1H3. The number of aliphatic hydroxyl groups is 1. The lowest BCUT2D eigenvalue weighted by Gasteiger charge is -2.32. The summed E-state index contributed by atoms with van der Waals surface area (Å²) >= 11 is 0. The SMILES string of the molecule is CC1CCCCN1CCO.CN(c1ccccc1)C1Cc2ccccc2C1. The van der Waals surface area contributed by atoms with Crippen LogP contribution < -0.4 is 4.90 Å². The Morgan fingerprint density at radius 3 is 2.19 bits per heavy atom. The van der Waals surface area contributed by atoms with Gasteiger partial charge in [-0.1, -0.05) is 48.9 Å². The van der Waals surface area contributed by atoms with E-state index in [9.17, 15) is 0 Å². The highest BCUT2D eigenvalue weighted by molar-refractivity contribution is 5.48. The van der Waals surface area contributed by atoms with Gasteiger partial charge in [0.05, 0.1) is 6.61 Å². The predicted octanol–water partition coefficient (Wildman–Crippen LogP) is 4.14. The first-order chi connectivity index (χ1) is 13.2. The fraction of sp³-hybridized carbons (Fsp3) is 0.500. The van der Waals surface area contributed by atoms with Gasteiger partial charge in [-0.2, -0.15) is 0 Å². The molecule has 0 spiro atoms. The molecule has 2 aliphatic rings. The molecular formula is C24H34N2O. The highest BCUT2D eigenvalue weighted by Gasteiger charge is 2.24. The van der Waals surface area contributed by atoms with E-state index in [4.69, 9.17) is 5.11 Å². The summed E-state index contributed by atoms with van der Waals surface area (Å²) in [6, 6.07) is 20.8. The first-order valence-corrected chi connectivity index (χ1v) is 10.4. The van der Waals surface area contributed by atoms with Crippen molar-refractivity contribution in [3.05, 3.63) is 65.7 Å². The number of hydrogen-bond acceptors (Lipinski definition) is 3. The van der Waals surface area contributed by atoms with Crippen LogP contribution in [0.5, 0.6) is 0 Å². The van der Waals surface area contributed by atoms with Crippen LogP contribution in [0.2, 0.25) is 0 Å². The van der Waals surface area contributed by atoms with Gasteiger partial charge in [0.25, 0.3) is 0 Å². The number of piperidine rings is 1. The third-order valence-corrected chi connectivity index (χ3v) is 6.07. The van der Waals surface area contributed by atoms with Crippen LogP contribution in [-0.2, 0) is 12.8 Å². The number of hydrogen-bond donors (Lipinski definition) is 1. The molecule has 0 radical (unpaired) electrons. The Bertz CT molecular complexity index is 661. The lowest BCUT2D eigenvalue weighted by molar-refractivity contribution is 0.126. The van der Waals surface area contributed by atoms with E-state index in [1.807, 2.05) is 0 Å². The van der Waals surface area contributed by atoms with E-state index < -0.39 is 0 Å². The van der Waals surface area contributed by atoms with Gasteiger partial charge < -0.3 is 10.0 Å². The lowest BCUT2D eigenvalue weighted by atomic mass is 10.0. The molecule has 3 heteroatoms. The highest BCUT2D eigenvalue weighted by Crippen LogP contribution is 2.27. The molecule has 1 saturated heterocycles. The number of benzene rings is 2. The van der Waals surface area contributed by atoms with Crippen LogP contribution in [0.3, 0.4) is 0 Å².